The number of Topliss-reactive ketones (excluding diaryl/α,β-unsaturated/α-hetero) is 3. The van der Waals surface area contributed by atoms with Crippen molar-refractivity contribution in [2.75, 3.05) is 40.1 Å². The number of phenolic OH excluding ortho intramolecular Hbond substituents is 1. The molecule has 0 aromatic heterocycles. The number of amides is 3. The number of ether oxygens (including phenoxy) is 3. The van der Waals surface area contributed by atoms with E-state index in [0.717, 1.165) is 0 Å². The van der Waals surface area contributed by atoms with Crippen LogP contribution in [-0.4, -0.2) is 104 Å². The zero-order chi connectivity index (χ0) is 42.0. The molecule has 0 fully saturated rings. The van der Waals surface area contributed by atoms with Gasteiger partial charge in [0.15, 0.2) is 11.6 Å². The summed E-state index contributed by atoms with van der Waals surface area (Å²) in [7, 11) is 1.56. The Balaban J connectivity index is 2.28. The van der Waals surface area contributed by atoms with Crippen molar-refractivity contribution < 1.29 is 62.9 Å². The summed E-state index contributed by atoms with van der Waals surface area (Å²) in [6, 6.07) is 12.6. The van der Waals surface area contributed by atoms with Gasteiger partial charge in [0.05, 0.1) is 38.5 Å². The number of hydroxylamine groups is 1. The number of aromatic hydroxyl groups is 1. The molecule has 17 heteroatoms. The number of ketones is 3. The molecular formula is C40H56N4O13. The van der Waals surface area contributed by atoms with Crippen LogP contribution in [-0.2, 0) is 65.5 Å². The highest BCUT2D eigenvalue weighted by atomic mass is 16.7. The summed E-state index contributed by atoms with van der Waals surface area (Å²) in [6.45, 7) is 3.04. The first-order chi connectivity index (χ1) is 27.4. The maximum atomic E-state index is 14.1. The molecule has 0 aliphatic rings. The third-order valence-electron chi connectivity index (χ3n) is 8.96. The third kappa shape index (κ3) is 20.1. The molecule has 0 aliphatic carbocycles. The normalized spacial score (nSPS) is 13.1. The molecule has 0 bridgehead atoms. The lowest BCUT2D eigenvalue weighted by Crippen LogP contribution is -2.48. The first-order valence-corrected chi connectivity index (χ1v) is 18.8. The van der Waals surface area contributed by atoms with E-state index in [-0.39, 0.29) is 82.5 Å². The van der Waals surface area contributed by atoms with Gasteiger partial charge in [-0.15, -0.1) is 0 Å². The van der Waals surface area contributed by atoms with Gasteiger partial charge < -0.3 is 39.6 Å². The lowest BCUT2D eigenvalue weighted by atomic mass is 9.89. The van der Waals surface area contributed by atoms with Gasteiger partial charge in [-0.3, -0.25) is 34.0 Å². The fourth-order valence-electron chi connectivity index (χ4n) is 5.89. The standard InChI is InChI=1S/C40H56N4O13/c1-27(45)23-31(24-29-10-13-32(46)14-11-29)40(52)43-34(25-28-7-4-3-5-8-28)36(48)26-30(12-17-38(50)57-41)39(51)42-33(15-16-37(49)44-53)35(47)9-6-18-55-21-22-56-20-19-54-2/h3-5,7-8,10-11,13-14,30-31,33-34,46,53H,6,9,12,15-26,41H2,1-2H3,(H,42,51)(H,43,52)(H,44,49)/t30-,31+,33-,34-/m1/s1. The van der Waals surface area contributed by atoms with Gasteiger partial charge in [-0.05, 0) is 62.3 Å². The number of hydrogen-bond donors (Lipinski definition) is 6. The van der Waals surface area contributed by atoms with Gasteiger partial charge in [-0.25, -0.2) is 5.48 Å². The lowest BCUT2D eigenvalue weighted by molar-refractivity contribution is -0.145. The molecule has 0 heterocycles. The molecule has 0 radical (unpaired) electrons. The largest absolute Gasteiger partial charge is 0.508 e. The maximum Gasteiger partial charge on any atom is 0.324 e. The minimum Gasteiger partial charge on any atom is -0.508 e. The van der Waals surface area contributed by atoms with Crippen LogP contribution in [0.4, 0.5) is 0 Å². The second-order valence-electron chi connectivity index (χ2n) is 13.5. The maximum absolute atomic E-state index is 14.1. The Labute approximate surface area is 332 Å². The molecule has 3 amide bonds. The number of carbonyl (C=O) groups excluding carboxylic acids is 7. The van der Waals surface area contributed by atoms with Crippen molar-refractivity contribution in [3.05, 3.63) is 65.7 Å². The quantitative estimate of drug-likeness (QED) is 0.0375. The van der Waals surface area contributed by atoms with Gasteiger partial charge in [-0.1, -0.05) is 42.5 Å². The summed E-state index contributed by atoms with van der Waals surface area (Å²) in [5.41, 5.74) is 2.87. The van der Waals surface area contributed by atoms with Gasteiger partial charge >= 0.3 is 5.97 Å². The third-order valence-corrected chi connectivity index (χ3v) is 8.96. The minimum atomic E-state index is -1.21. The van der Waals surface area contributed by atoms with E-state index in [9.17, 15) is 38.7 Å². The van der Waals surface area contributed by atoms with Crippen LogP contribution < -0.4 is 22.0 Å². The highest BCUT2D eigenvalue weighted by Gasteiger charge is 2.32. The van der Waals surface area contributed by atoms with Crippen LogP contribution in [0.3, 0.4) is 0 Å². The van der Waals surface area contributed by atoms with Crippen LogP contribution in [0, 0.1) is 11.8 Å². The predicted octanol–water partition coefficient (Wildman–Crippen LogP) is 1.83. The molecule has 57 heavy (non-hydrogen) atoms. The summed E-state index contributed by atoms with van der Waals surface area (Å²) < 4.78 is 15.7. The second-order valence-corrected chi connectivity index (χ2v) is 13.5. The smallest absolute Gasteiger partial charge is 0.324 e. The topological polar surface area (TPSA) is 259 Å². The molecule has 0 unspecified atom stereocenters. The molecule has 0 saturated heterocycles. The Bertz CT molecular complexity index is 1570. The van der Waals surface area contributed by atoms with Gasteiger partial charge in [0.25, 0.3) is 0 Å². The van der Waals surface area contributed by atoms with E-state index in [2.05, 4.69) is 15.5 Å². The Kier molecular flexibility index (Phi) is 23.2. The van der Waals surface area contributed by atoms with Crippen LogP contribution in [0.15, 0.2) is 54.6 Å². The summed E-state index contributed by atoms with van der Waals surface area (Å²) in [4.78, 5) is 95.5. The average molecular weight is 801 g/mol. The average Bonchev–Trinajstić information content (AvgIpc) is 3.20. The van der Waals surface area contributed by atoms with Gasteiger partial charge in [0, 0.05) is 57.7 Å². The Morgan fingerprint density at radius 2 is 1.30 bits per heavy atom. The Morgan fingerprint density at radius 3 is 1.93 bits per heavy atom. The molecule has 4 atom stereocenters. The number of hydrogen-bond acceptors (Lipinski definition) is 14. The molecule has 0 spiro atoms. The number of nitrogens with one attached hydrogen (secondary N) is 3. The SMILES string of the molecule is COCCOCCOCCCC(=O)[C@@H](CCC(=O)NO)NC(=O)[C@H](CCC(=O)ON)CC(=O)[C@@H](Cc1ccccc1)NC(=O)[C@@H](CC(C)=O)Cc1ccc(O)cc1. The highest BCUT2D eigenvalue weighted by Crippen LogP contribution is 2.20. The number of methoxy groups -OCH3 is 1. The Morgan fingerprint density at radius 1 is 0.684 bits per heavy atom. The van der Waals surface area contributed by atoms with E-state index < -0.39 is 65.6 Å². The summed E-state index contributed by atoms with van der Waals surface area (Å²) >= 11 is 0. The van der Waals surface area contributed by atoms with Crippen molar-refractivity contribution in [2.24, 2.45) is 17.7 Å². The molecule has 2 rings (SSSR count). The zero-order valence-corrected chi connectivity index (χ0v) is 32.6. The number of phenols is 1. The van der Waals surface area contributed by atoms with Crippen molar-refractivity contribution in [2.45, 2.75) is 83.2 Å². The fraction of sp³-hybridized carbons (Fsp3) is 0.525. The molecule has 2 aromatic rings. The van der Waals surface area contributed by atoms with E-state index >= 15 is 0 Å². The van der Waals surface area contributed by atoms with Crippen molar-refractivity contribution >= 4 is 41.0 Å². The highest BCUT2D eigenvalue weighted by molar-refractivity contribution is 5.95. The van der Waals surface area contributed by atoms with E-state index in [1.165, 1.54) is 24.5 Å². The summed E-state index contributed by atoms with van der Waals surface area (Å²) in [6.07, 6.45) is -1.23. The van der Waals surface area contributed by atoms with Crippen molar-refractivity contribution in [1.82, 2.24) is 16.1 Å². The molecule has 7 N–H and O–H groups in total. The number of benzene rings is 2. The van der Waals surface area contributed by atoms with E-state index in [1.807, 2.05) is 0 Å². The van der Waals surface area contributed by atoms with E-state index in [4.69, 9.17) is 25.3 Å². The van der Waals surface area contributed by atoms with Crippen LogP contribution >= 0.6 is 0 Å². The molecule has 17 nitrogen and oxygen atoms in total. The van der Waals surface area contributed by atoms with E-state index in [0.29, 0.717) is 30.9 Å². The number of carbonyl (C=O) groups is 7. The number of nitrogens with two attached hydrogens (primary N) is 1. The second kappa shape index (κ2) is 27.5. The first kappa shape index (κ1) is 48.1. The van der Waals surface area contributed by atoms with Gasteiger partial charge in [0.1, 0.15) is 11.5 Å². The lowest BCUT2D eigenvalue weighted by Gasteiger charge is -2.25. The Hall–Kier alpha value is -5.07. The van der Waals surface area contributed by atoms with Crippen molar-refractivity contribution in [3.63, 3.8) is 0 Å². The molecule has 0 saturated carbocycles. The fourth-order valence-corrected chi connectivity index (χ4v) is 5.89. The predicted molar refractivity (Wildman–Crippen MR) is 204 cm³/mol. The van der Waals surface area contributed by atoms with Crippen molar-refractivity contribution in [1.29, 1.82) is 0 Å². The van der Waals surface area contributed by atoms with Crippen LogP contribution in [0.25, 0.3) is 0 Å². The molecule has 314 valence electrons. The van der Waals surface area contributed by atoms with Crippen molar-refractivity contribution in [3.8, 4) is 5.75 Å². The summed E-state index contributed by atoms with van der Waals surface area (Å²) in [5, 5.41) is 24.1. The van der Waals surface area contributed by atoms with Gasteiger partial charge in [-0.2, -0.15) is 5.90 Å². The van der Waals surface area contributed by atoms with Crippen LogP contribution in [0.2, 0.25) is 0 Å². The van der Waals surface area contributed by atoms with E-state index in [1.54, 1.807) is 49.6 Å². The number of rotatable bonds is 30. The molecule has 2 aromatic carbocycles. The first-order valence-electron chi connectivity index (χ1n) is 18.8. The van der Waals surface area contributed by atoms with Gasteiger partial charge in [0.2, 0.25) is 17.7 Å². The minimum absolute atomic E-state index is 0.0317. The summed E-state index contributed by atoms with van der Waals surface area (Å²) in [5.74, 6) is -1.24. The molecular weight excluding hydrogens is 744 g/mol. The van der Waals surface area contributed by atoms with Crippen LogP contribution in [0.1, 0.15) is 69.4 Å². The zero-order valence-electron chi connectivity index (χ0n) is 32.6. The van der Waals surface area contributed by atoms with Crippen LogP contribution in [0.5, 0.6) is 5.75 Å². The monoisotopic (exact) mass is 800 g/mol. The molecule has 0 aliphatic heterocycles.